The molecule has 2 saturated heterocycles. The standard InChI is InChI=1S/C17H26N2O2.ClH/c1-2-20-16-5-7-17(8-6-16)21-12-11-19-10-9-14-3-4-15(13-19)18-14;/h5-8,14-15,18H,2-4,9-13H2,1H3;1H. The van der Waals surface area contributed by atoms with E-state index in [4.69, 9.17) is 9.47 Å². The van der Waals surface area contributed by atoms with Crippen molar-refractivity contribution in [1.82, 2.24) is 10.2 Å². The Kier molecular flexibility index (Phi) is 6.80. The molecule has 0 saturated carbocycles. The minimum atomic E-state index is 0. The normalized spacial score (nSPS) is 24.4. The van der Waals surface area contributed by atoms with Gasteiger partial charge in [-0.3, -0.25) is 4.90 Å². The van der Waals surface area contributed by atoms with Gasteiger partial charge in [0.2, 0.25) is 0 Å². The van der Waals surface area contributed by atoms with Crippen molar-refractivity contribution in [3.05, 3.63) is 24.3 Å². The molecule has 0 spiro atoms. The molecule has 4 nitrogen and oxygen atoms in total. The average Bonchev–Trinajstić information content (AvgIpc) is 2.83. The van der Waals surface area contributed by atoms with Crippen molar-refractivity contribution in [3.8, 4) is 11.5 Å². The van der Waals surface area contributed by atoms with Crippen molar-refractivity contribution in [1.29, 1.82) is 0 Å². The van der Waals surface area contributed by atoms with Crippen LogP contribution >= 0.6 is 12.4 Å². The Morgan fingerprint density at radius 1 is 1.05 bits per heavy atom. The topological polar surface area (TPSA) is 33.7 Å². The van der Waals surface area contributed by atoms with Crippen molar-refractivity contribution in [2.45, 2.75) is 38.3 Å². The molecule has 2 aliphatic heterocycles. The van der Waals surface area contributed by atoms with Gasteiger partial charge in [-0.05, 0) is 57.0 Å². The largest absolute Gasteiger partial charge is 0.494 e. The maximum atomic E-state index is 5.85. The summed E-state index contributed by atoms with van der Waals surface area (Å²) in [6.45, 7) is 6.83. The van der Waals surface area contributed by atoms with Gasteiger partial charge in [0.05, 0.1) is 6.61 Å². The van der Waals surface area contributed by atoms with Crippen molar-refractivity contribution in [2.24, 2.45) is 0 Å². The van der Waals surface area contributed by atoms with E-state index in [-0.39, 0.29) is 12.4 Å². The second-order valence-corrected chi connectivity index (χ2v) is 5.98. The predicted molar refractivity (Wildman–Crippen MR) is 91.4 cm³/mol. The van der Waals surface area contributed by atoms with Gasteiger partial charge in [0.25, 0.3) is 0 Å². The van der Waals surface area contributed by atoms with Crippen LogP contribution in [0.2, 0.25) is 0 Å². The Morgan fingerprint density at radius 2 is 1.73 bits per heavy atom. The Morgan fingerprint density at radius 3 is 2.45 bits per heavy atom. The van der Waals surface area contributed by atoms with Crippen molar-refractivity contribution in [3.63, 3.8) is 0 Å². The Hall–Kier alpha value is -0.970. The molecule has 1 aromatic carbocycles. The number of likely N-dealkylation sites (tertiary alicyclic amines) is 1. The molecule has 0 aromatic heterocycles. The van der Waals surface area contributed by atoms with E-state index < -0.39 is 0 Å². The molecule has 1 aromatic rings. The van der Waals surface area contributed by atoms with Crippen LogP contribution in [-0.2, 0) is 0 Å². The molecule has 5 heteroatoms. The molecule has 0 aliphatic carbocycles. The number of nitrogens with zero attached hydrogens (tertiary/aromatic N) is 1. The first-order valence-corrected chi connectivity index (χ1v) is 8.17. The van der Waals surface area contributed by atoms with Crippen molar-refractivity contribution < 1.29 is 9.47 Å². The molecule has 22 heavy (non-hydrogen) atoms. The highest BCUT2D eigenvalue weighted by Gasteiger charge is 2.28. The molecule has 1 N–H and O–H groups in total. The summed E-state index contributed by atoms with van der Waals surface area (Å²) in [4.78, 5) is 2.53. The van der Waals surface area contributed by atoms with E-state index in [1.807, 2.05) is 31.2 Å². The lowest BCUT2D eigenvalue weighted by molar-refractivity contribution is 0.201. The highest BCUT2D eigenvalue weighted by Crippen LogP contribution is 2.20. The van der Waals surface area contributed by atoms with Gasteiger partial charge in [0, 0.05) is 25.2 Å². The van der Waals surface area contributed by atoms with E-state index in [9.17, 15) is 0 Å². The van der Waals surface area contributed by atoms with Crippen molar-refractivity contribution in [2.75, 3.05) is 32.8 Å². The molecule has 2 aliphatic rings. The van der Waals surface area contributed by atoms with Gasteiger partial charge < -0.3 is 14.8 Å². The van der Waals surface area contributed by atoms with Gasteiger partial charge in [0.1, 0.15) is 18.1 Å². The second-order valence-electron chi connectivity index (χ2n) is 5.98. The molecule has 2 atom stereocenters. The molecule has 2 unspecified atom stereocenters. The second kappa shape index (κ2) is 8.61. The first-order chi connectivity index (χ1) is 10.3. The SMILES string of the molecule is CCOc1ccc(OCCN2CCC3CCC(C2)N3)cc1.Cl. The lowest BCUT2D eigenvalue weighted by Crippen LogP contribution is -2.37. The quantitative estimate of drug-likeness (QED) is 0.871. The van der Waals surface area contributed by atoms with Crippen LogP contribution in [0, 0.1) is 0 Å². The molecule has 124 valence electrons. The number of halogens is 1. The number of ether oxygens (including phenoxy) is 2. The summed E-state index contributed by atoms with van der Waals surface area (Å²) < 4.78 is 11.3. The molecule has 3 rings (SSSR count). The number of fused-ring (bicyclic) bond motifs is 2. The molecular weight excluding hydrogens is 300 g/mol. The predicted octanol–water partition coefficient (Wildman–Crippen LogP) is 2.71. The van der Waals surface area contributed by atoms with Crippen LogP contribution in [0.15, 0.2) is 24.3 Å². The fraction of sp³-hybridized carbons (Fsp3) is 0.647. The lowest BCUT2D eigenvalue weighted by Gasteiger charge is -2.23. The molecule has 0 amide bonds. The summed E-state index contributed by atoms with van der Waals surface area (Å²) in [5.41, 5.74) is 0. The molecular formula is C17H27ClN2O2. The van der Waals surface area contributed by atoms with Crippen LogP contribution in [0.5, 0.6) is 11.5 Å². The molecule has 2 bridgehead atoms. The van der Waals surface area contributed by atoms with Crippen LogP contribution < -0.4 is 14.8 Å². The van der Waals surface area contributed by atoms with Gasteiger partial charge in [-0.15, -0.1) is 12.4 Å². The summed E-state index contributed by atoms with van der Waals surface area (Å²) in [7, 11) is 0. The van der Waals surface area contributed by atoms with Crippen LogP contribution in [0.25, 0.3) is 0 Å². The van der Waals surface area contributed by atoms with E-state index in [0.29, 0.717) is 12.6 Å². The van der Waals surface area contributed by atoms with Gasteiger partial charge in [-0.1, -0.05) is 0 Å². The van der Waals surface area contributed by atoms with Crippen LogP contribution in [0.1, 0.15) is 26.2 Å². The smallest absolute Gasteiger partial charge is 0.119 e. The zero-order valence-corrected chi connectivity index (χ0v) is 14.1. The number of hydrogen-bond donors (Lipinski definition) is 1. The zero-order valence-electron chi connectivity index (χ0n) is 13.3. The lowest BCUT2D eigenvalue weighted by atomic mass is 10.1. The monoisotopic (exact) mass is 326 g/mol. The van der Waals surface area contributed by atoms with Gasteiger partial charge in [-0.2, -0.15) is 0 Å². The fourth-order valence-corrected chi connectivity index (χ4v) is 3.31. The summed E-state index contributed by atoms with van der Waals surface area (Å²) in [5.74, 6) is 1.83. The first-order valence-electron chi connectivity index (χ1n) is 8.17. The third-order valence-electron chi connectivity index (χ3n) is 4.42. The maximum absolute atomic E-state index is 5.85. The average molecular weight is 327 g/mol. The number of benzene rings is 1. The van der Waals surface area contributed by atoms with E-state index >= 15 is 0 Å². The minimum absolute atomic E-state index is 0. The van der Waals surface area contributed by atoms with Gasteiger partial charge >= 0.3 is 0 Å². The van der Waals surface area contributed by atoms with E-state index in [1.54, 1.807) is 0 Å². The van der Waals surface area contributed by atoms with Crippen molar-refractivity contribution >= 4 is 12.4 Å². The van der Waals surface area contributed by atoms with Gasteiger partial charge in [-0.25, -0.2) is 0 Å². The Bertz CT molecular complexity index is 441. The molecule has 2 heterocycles. The third kappa shape index (κ3) is 4.77. The summed E-state index contributed by atoms with van der Waals surface area (Å²) in [6.07, 6.45) is 3.97. The third-order valence-corrected chi connectivity index (χ3v) is 4.42. The maximum Gasteiger partial charge on any atom is 0.119 e. The number of hydrogen-bond acceptors (Lipinski definition) is 4. The van der Waals surface area contributed by atoms with E-state index in [1.165, 1.54) is 32.4 Å². The summed E-state index contributed by atoms with van der Waals surface area (Å²) >= 11 is 0. The summed E-state index contributed by atoms with van der Waals surface area (Å²) in [5, 5.41) is 3.71. The Labute approximate surface area is 139 Å². The molecule has 2 fully saturated rings. The number of rotatable bonds is 6. The minimum Gasteiger partial charge on any atom is -0.494 e. The Balaban J connectivity index is 0.00000176. The number of nitrogens with one attached hydrogen (secondary N) is 1. The van der Waals surface area contributed by atoms with Gasteiger partial charge in [0.15, 0.2) is 0 Å². The van der Waals surface area contributed by atoms with Crippen LogP contribution in [0.4, 0.5) is 0 Å². The van der Waals surface area contributed by atoms with E-state index in [2.05, 4.69) is 10.2 Å². The highest BCUT2D eigenvalue weighted by atomic mass is 35.5. The van der Waals surface area contributed by atoms with Crippen LogP contribution in [0.3, 0.4) is 0 Å². The van der Waals surface area contributed by atoms with Crippen LogP contribution in [-0.4, -0.2) is 49.8 Å². The first kappa shape index (κ1) is 17.4. The summed E-state index contributed by atoms with van der Waals surface area (Å²) in [6, 6.07) is 9.35. The molecule has 0 radical (unpaired) electrons. The zero-order chi connectivity index (χ0) is 14.5. The fourth-order valence-electron chi connectivity index (χ4n) is 3.31. The highest BCUT2D eigenvalue weighted by molar-refractivity contribution is 5.85. The van der Waals surface area contributed by atoms with E-state index in [0.717, 1.165) is 30.7 Å².